The highest BCUT2D eigenvalue weighted by molar-refractivity contribution is 6.00. The number of aliphatic hydroxyl groups is 2. The fraction of sp³-hybridized carbons (Fsp3) is 0.400. The number of hydrogen-bond donors (Lipinski definition) is 4. The van der Waals surface area contributed by atoms with Gasteiger partial charge < -0.3 is 26.1 Å². The van der Waals surface area contributed by atoms with Gasteiger partial charge in [0.25, 0.3) is 0 Å². The van der Waals surface area contributed by atoms with E-state index in [0.717, 1.165) is 0 Å². The highest BCUT2D eigenvalue weighted by atomic mass is 16.4. The van der Waals surface area contributed by atoms with Gasteiger partial charge in [-0.1, -0.05) is 5.16 Å². The number of oxime groups is 1. The Bertz CT molecular complexity index is 427. The summed E-state index contributed by atoms with van der Waals surface area (Å²) in [6.45, 7) is 0.580. The van der Waals surface area contributed by atoms with Crippen LogP contribution in [0.4, 0.5) is 5.69 Å². The molecule has 1 saturated heterocycles. The number of nitrogens with zero attached hydrogens (tertiary/aromatic N) is 3. The molecule has 1 aromatic heterocycles. The molecular formula is C10H14N4O3. The summed E-state index contributed by atoms with van der Waals surface area (Å²) in [7, 11) is 0. The Kier molecular flexibility index (Phi) is 3.12. The average molecular weight is 238 g/mol. The van der Waals surface area contributed by atoms with Crippen LogP contribution in [0.15, 0.2) is 23.5 Å². The minimum atomic E-state index is -0.796. The van der Waals surface area contributed by atoms with Crippen LogP contribution in [-0.4, -0.2) is 51.5 Å². The maximum absolute atomic E-state index is 9.49. The molecule has 0 radical (unpaired) electrons. The molecule has 2 unspecified atom stereocenters. The third-order valence-electron chi connectivity index (χ3n) is 2.74. The molecule has 0 aliphatic carbocycles. The van der Waals surface area contributed by atoms with Gasteiger partial charge in [-0.3, -0.25) is 4.98 Å². The van der Waals surface area contributed by atoms with Gasteiger partial charge in [-0.2, -0.15) is 0 Å². The van der Waals surface area contributed by atoms with Crippen molar-refractivity contribution in [2.75, 3.05) is 18.0 Å². The highest BCUT2D eigenvalue weighted by Crippen LogP contribution is 2.23. The second-order valence-corrected chi connectivity index (χ2v) is 3.90. The monoisotopic (exact) mass is 238 g/mol. The van der Waals surface area contributed by atoms with Crippen molar-refractivity contribution in [3.8, 4) is 0 Å². The molecule has 5 N–H and O–H groups in total. The van der Waals surface area contributed by atoms with Crippen molar-refractivity contribution in [2.45, 2.75) is 12.2 Å². The summed E-state index contributed by atoms with van der Waals surface area (Å²) in [5.41, 5.74) is 6.47. The highest BCUT2D eigenvalue weighted by Gasteiger charge is 2.31. The van der Waals surface area contributed by atoms with Gasteiger partial charge in [0, 0.05) is 19.3 Å². The molecule has 2 rings (SSSR count). The van der Waals surface area contributed by atoms with Crippen molar-refractivity contribution in [3.05, 3.63) is 24.0 Å². The molecule has 0 spiro atoms. The molecule has 7 nitrogen and oxygen atoms in total. The summed E-state index contributed by atoms with van der Waals surface area (Å²) in [5.74, 6) is -0.100. The Morgan fingerprint density at radius 1 is 1.41 bits per heavy atom. The first-order chi connectivity index (χ1) is 8.13. The fourth-order valence-electron chi connectivity index (χ4n) is 1.86. The average Bonchev–Trinajstić information content (AvgIpc) is 2.68. The first-order valence-corrected chi connectivity index (χ1v) is 5.17. The van der Waals surface area contributed by atoms with Crippen LogP contribution < -0.4 is 10.6 Å². The van der Waals surface area contributed by atoms with Gasteiger partial charge in [0.1, 0.15) is 5.69 Å². The zero-order valence-corrected chi connectivity index (χ0v) is 9.06. The van der Waals surface area contributed by atoms with Gasteiger partial charge in [-0.15, -0.1) is 0 Å². The smallest absolute Gasteiger partial charge is 0.190 e. The van der Waals surface area contributed by atoms with Crippen LogP contribution in [0.5, 0.6) is 0 Å². The van der Waals surface area contributed by atoms with E-state index >= 15 is 0 Å². The number of aromatic nitrogens is 1. The minimum Gasteiger partial charge on any atom is -0.409 e. The third-order valence-corrected chi connectivity index (χ3v) is 2.74. The molecule has 0 bridgehead atoms. The summed E-state index contributed by atoms with van der Waals surface area (Å²) < 4.78 is 0. The van der Waals surface area contributed by atoms with Crippen LogP contribution in [0.1, 0.15) is 5.69 Å². The second-order valence-electron chi connectivity index (χ2n) is 3.90. The zero-order chi connectivity index (χ0) is 12.4. The minimum absolute atomic E-state index is 0.100. The standard InChI is InChI=1S/C10H14N4O3/c11-10(13-17)9-6(2-1-3-12-9)14-4-7(15)8(16)5-14/h1-3,7-8,15-17H,4-5H2,(H2,11,13). The number of nitrogens with two attached hydrogens (primary N) is 1. The molecule has 1 aliphatic rings. The number of anilines is 1. The molecule has 7 heteroatoms. The van der Waals surface area contributed by atoms with Gasteiger partial charge in [-0.05, 0) is 12.1 Å². The predicted molar refractivity (Wildman–Crippen MR) is 61.0 cm³/mol. The molecule has 1 fully saturated rings. The molecule has 17 heavy (non-hydrogen) atoms. The largest absolute Gasteiger partial charge is 0.409 e. The number of rotatable bonds is 2. The van der Waals surface area contributed by atoms with Crippen molar-refractivity contribution in [2.24, 2.45) is 10.9 Å². The quantitative estimate of drug-likeness (QED) is 0.221. The van der Waals surface area contributed by atoms with E-state index in [0.29, 0.717) is 24.5 Å². The molecule has 2 heterocycles. The van der Waals surface area contributed by atoms with E-state index in [-0.39, 0.29) is 5.84 Å². The van der Waals surface area contributed by atoms with Crippen molar-refractivity contribution >= 4 is 11.5 Å². The molecule has 0 aromatic carbocycles. The first kappa shape index (κ1) is 11.6. The van der Waals surface area contributed by atoms with Gasteiger partial charge in [0.05, 0.1) is 17.9 Å². The Labute approximate surface area is 97.8 Å². The number of amidine groups is 1. The van der Waals surface area contributed by atoms with E-state index in [1.807, 2.05) is 0 Å². The van der Waals surface area contributed by atoms with Gasteiger partial charge in [0.2, 0.25) is 0 Å². The summed E-state index contributed by atoms with van der Waals surface area (Å²) in [5, 5.41) is 30.6. The molecule has 0 saturated carbocycles. The lowest BCUT2D eigenvalue weighted by Gasteiger charge is -2.19. The molecule has 1 aromatic rings. The van der Waals surface area contributed by atoms with Crippen molar-refractivity contribution in [1.82, 2.24) is 4.98 Å². The maximum atomic E-state index is 9.49. The van der Waals surface area contributed by atoms with E-state index < -0.39 is 12.2 Å². The number of pyridine rings is 1. The van der Waals surface area contributed by atoms with Crippen molar-refractivity contribution < 1.29 is 15.4 Å². The fourth-order valence-corrected chi connectivity index (χ4v) is 1.86. The van der Waals surface area contributed by atoms with Crippen molar-refractivity contribution in [1.29, 1.82) is 0 Å². The Balaban J connectivity index is 2.33. The van der Waals surface area contributed by atoms with Crippen LogP contribution >= 0.6 is 0 Å². The Morgan fingerprint density at radius 2 is 2.06 bits per heavy atom. The van der Waals surface area contributed by atoms with Crippen LogP contribution in [0, 0.1) is 0 Å². The normalized spacial score (nSPS) is 25.3. The van der Waals surface area contributed by atoms with Crippen LogP contribution in [0.25, 0.3) is 0 Å². The van der Waals surface area contributed by atoms with Crippen molar-refractivity contribution in [3.63, 3.8) is 0 Å². The van der Waals surface area contributed by atoms with Gasteiger partial charge >= 0.3 is 0 Å². The van der Waals surface area contributed by atoms with Crippen LogP contribution in [0.3, 0.4) is 0 Å². The van der Waals surface area contributed by atoms with E-state index in [9.17, 15) is 10.2 Å². The van der Waals surface area contributed by atoms with Gasteiger partial charge in [-0.25, -0.2) is 0 Å². The van der Waals surface area contributed by atoms with E-state index in [1.165, 1.54) is 6.20 Å². The molecule has 92 valence electrons. The van der Waals surface area contributed by atoms with E-state index in [4.69, 9.17) is 10.9 Å². The lowest BCUT2D eigenvalue weighted by Crippen LogP contribution is -2.26. The topological polar surface area (TPSA) is 115 Å². The van der Waals surface area contributed by atoms with Crippen LogP contribution in [0.2, 0.25) is 0 Å². The molecule has 0 amide bonds. The molecule has 2 atom stereocenters. The summed E-state index contributed by atoms with van der Waals surface area (Å²) in [6, 6.07) is 3.45. The number of aliphatic hydroxyl groups excluding tert-OH is 2. The maximum Gasteiger partial charge on any atom is 0.190 e. The second kappa shape index (κ2) is 4.56. The summed E-state index contributed by atoms with van der Waals surface area (Å²) in [4.78, 5) is 5.77. The molecular weight excluding hydrogens is 224 g/mol. The lowest BCUT2D eigenvalue weighted by atomic mass is 10.2. The number of hydrogen-bond acceptors (Lipinski definition) is 6. The SMILES string of the molecule is N/C(=N/O)c1ncccc1N1CC(O)C(O)C1. The Morgan fingerprint density at radius 3 is 2.65 bits per heavy atom. The van der Waals surface area contributed by atoms with Crippen LogP contribution in [-0.2, 0) is 0 Å². The molecule has 1 aliphatic heterocycles. The van der Waals surface area contributed by atoms with Gasteiger partial charge in [0.15, 0.2) is 5.84 Å². The summed E-state index contributed by atoms with van der Waals surface area (Å²) >= 11 is 0. The first-order valence-electron chi connectivity index (χ1n) is 5.17. The third kappa shape index (κ3) is 2.15. The zero-order valence-electron chi connectivity index (χ0n) is 9.06. The predicted octanol–water partition coefficient (Wildman–Crippen LogP) is -1.28. The van der Waals surface area contributed by atoms with E-state index in [1.54, 1.807) is 17.0 Å². The lowest BCUT2D eigenvalue weighted by molar-refractivity contribution is 0.0572. The Hall–Kier alpha value is -1.86. The summed E-state index contributed by atoms with van der Waals surface area (Å²) in [6.07, 6.45) is -0.0644. The van der Waals surface area contributed by atoms with E-state index in [2.05, 4.69) is 10.1 Å². The number of β-amino-alcohol motifs (C(OH)–C–C–N with tert-alkyl or cyclic N) is 2.